The third-order valence-electron chi connectivity index (χ3n) is 4.25. The molecule has 0 atom stereocenters. The fraction of sp³-hybridized carbons (Fsp3) is 0.368. The molecule has 0 saturated carbocycles. The Morgan fingerprint density at radius 1 is 1.19 bits per heavy atom. The molecule has 1 aromatic carbocycles. The first kappa shape index (κ1) is 17.8. The number of hydrogen-bond donors (Lipinski definition) is 2. The summed E-state index contributed by atoms with van der Waals surface area (Å²) in [5.41, 5.74) is 3.03. The molecule has 7 nitrogen and oxygen atoms in total. The van der Waals surface area contributed by atoms with Gasteiger partial charge in [0.2, 0.25) is 0 Å². The van der Waals surface area contributed by atoms with Crippen LogP contribution in [0.1, 0.15) is 41.4 Å². The minimum absolute atomic E-state index is 0.466. The van der Waals surface area contributed by atoms with Crippen molar-refractivity contribution in [1.29, 1.82) is 0 Å². The summed E-state index contributed by atoms with van der Waals surface area (Å²) in [6.07, 6.45) is 3.30. The van der Waals surface area contributed by atoms with E-state index in [0.29, 0.717) is 12.1 Å². The minimum Gasteiger partial charge on any atom is -0.452 e. The smallest absolute Gasteiger partial charge is 0.339 e. The number of hydrogen-bond acceptors (Lipinski definition) is 5. The number of aryl methyl sites for hydroxylation is 1. The number of para-hydroxylation sites is 1. The second-order valence-corrected chi connectivity index (χ2v) is 6.16. The van der Waals surface area contributed by atoms with Crippen molar-refractivity contribution < 1.29 is 19.1 Å². The highest BCUT2D eigenvalue weighted by Gasteiger charge is 2.25. The number of amides is 3. The van der Waals surface area contributed by atoms with Crippen LogP contribution in [0.25, 0.3) is 10.9 Å². The largest absolute Gasteiger partial charge is 0.452 e. The van der Waals surface area contributed by atoms with E-state index in [2.05, 4.69) is 15.6 Å². The van der Waals surface area contributed by atoms with Crippen LogP contribution < -0.4 is 10.6 Å². The number of carbonyl (C=O) groups is 3. The zero-order valence-electron chi connectivity index (χ0n) is 14.6. The van der Waals surface area contributed by atoms with Crippen LogP contribution >= 0.6 is 0 Å². The number of pyridine rings is 1. The Morgan fingerprint density at radius 2 is 2.00 bits per heavy atom. The number of imide groups is 1. The van der Waals surface area contributed by atoms with Crippen molar-refractivity contribution in [3.05, 3.63) is 41.1 Å². The lowest BCUT2D eigenvalue weighted by atomic mass is 10.0. The van der Waals surface area contributed by atoms with Gasteiger partial charge in [0, 0.05) is 17.6 Å². The number of ether oxygens (including phenoxy) is 1. The molecule has 0 saturated heterocycles. The fourth-order valence-electron chi connectivity index (χ4n) is 3.09. The van der Waals surface area contributed by atoms with Gasteiger partial charge in [-0.25, -0.2) is 9.59 Å². The number of nitrogens with one attached hydrogen (secondary N) is 2. The molecular formula is C19H21N3O4. The van der Waals surface area contributed by atoms with Gasteiger partial charge in [0.05, 0.1) is 11.1 Å². The molecule has 1 aliphatic rings. The molecule has 2 N–H and O–H groups in total. The summed E-state index contributed by atoms with van der Waals surface area (Å²) in [5.74, 6) is -1.23. The lowest BCUT2D eigenvalue weighted by molar-refractivity contribution is -0.123. The van der Waals surface area contributed by atoms with E-state index in [0.717, 1.165) is 47.8 Å². The predicted octanol–water partition coefficient (Wildman–Crippen LogP) is 2.12. The van der Waals surface area contributed by atoms with E-state index < -0.39 is 24.5 Å². The van der Waals surface area contributed by atoms with Gasteiger partial charge in [-0.05, 0) is 37.3 Å². The summed E-state index contributed by atoms with van der Waals surface area (Å²) in [5, 5.41) is 5.38. The number of carbonyl (C=O) groups excluding carboxylic acids is 3. The van der Waals surface area contributed by atoms with Gasteiger partial charge < -0.3 is 10.1 Å². The van der Waals surface area contributed by atoms with Crippen molar-refractivity contribution in [2.75, 3.05) is 13.2 Å². The van der Waals surface area contributed by atoms with Crippen LogP contribution in [0.3, 0.4) is 0 Å². The highest BCUT2D eigenvalue weighted by molar-refractivity contribution is 6.06. The average Bonchev–Trinajstić information content (AvgIpc) is 3.10. The Morgan fingerprint density at radius 3 is 2.81 bits per heavy atom. The summed E-state index contributed by atoms with van der Waals surface area (Å²) >= 11 is 0. The third kappa shape index (κ3) is 3.82. The maximum absolute atomic E-state index is 12.7. The first-order valence-corrected chi connectivity index (χ1v) is 8.75. The van der Waals surface area contributed by atoms with Gasteiger partial charge in [-0.1, -0.05) is 25.1 Å². The second kappa shape index (κ2) is 7.95. The highest BCUT2D eigenvalue weighted by atomic mass is 16.5. The standard InChI is InChI=1S/C19H21N3O4/c1-2-10-20-19(25)22-16(23)11-26-18(24)17-12-6-3-4-8-14(12)21-15-9-5-7-13(15)17/h3-4,6,8H,2,5,7,9-11H2,1H3,(H2,20,22,23,25). The van der Waals surface area contributed by atoms with Crippen molar-refractivity contribution >= 4 is 28.8 Å². The lowest BCUT2D eigenvalue weighted by Gasteiger charge is -2.12. The van der Waals surface area contributed by atoms with Gasteiger partial charge >= 0.3 is 12.0 Å². The zero-order chi connectivity index (χ0) is 18.5. The Labute approximate surface area is 151 Å². The molecule has 7 heteroatoms. The van der Waals surface area contributed by atoms with Crippen LogP contribution in [0.4, 0.5) is 4.79 Å². The van der Waals surface area contributed by atoms with Crippen LogP contribution in [0, 0.1) is 0 Å². The van der Waals surface area contributed by atoms with Crippen LogP contribution in [0.2, 0.25) is 0 Å². The molecule has 0 radical (unpaired) electrons. The van der Waals surface area contributed by atoms with Crippen molar-refractivity contribution in [1.82, 2.24) is 15.6 Å². The highest BCUT2D eigenvalue weighted by Crippen LogP contribution is 2.30. The molecule has 0 aliphatic heterocycles. The van der Waals surface area contributed by atoms with Gasteiger partial charge in [-0.15, -0.1) is 0 Å². The molecular weight excluding hydrogens is 334 g/mol. The van der Waals surface area contributed by atoms with Gasteiger partial charge in [0.25, 0.3) is 5.91 Å². The normalized spacial score (nSPS) is 12.5. The Bertz CT molecular complexity index is 863. The number of rotatable bonds is 5. The van der Waals surface area contributed by atoms with Crippen LogP contribution in [-0.4, -0.2) is 36.0 Å². The quantitative estimate of drug-likeness (QED) is 0.801. The number of urea groups is 1. The van der Waals surface area contributed by atoms with E-state index in [1.165, 1.54) is 0 Å². The fourth-order valence-corrected chi connectivity index (χ4v) is 3.09. The predicted molar refractivity (Wildman–Crippen MR) is 95.9 cm³/mol. The van der Waals surface area contributed by atoms with Crippen molar-refractivity contribution in [3.63, 3.8) is 0 Å². The van der Waals surface area contributed by atoms with E-state index in [4.69, 9.17) is 4.74 Å². The Balaban J connectivity index is 1.73. The van der Waals surface area contributed by atoms with Crippen LogP contribution in [-0.2, 0) is 22.4 Å². The van der Waals surface area contributed by atoms with E-state index in [-0.39, 0.29) is 0 Å². The molecule has 3 rings (SSSR count). The first-order valence-electron chi connectivity index (χ1n) is 8.75. The topological polar surface area (TPSA) is 97.4 Å². The van der Waals surface area contributed by atoms with Crippen molar-refractivity contribution in [3.8, 4) is 0 Å². The number of aromatic nitrogens is 1. The van der Waals surface area contributed by atoms with Gasteiger partial charge in [0.15, 0.2) is 6.61 Å². The van der Waals surface area contributed by atoms with Gasteiger partial charge in [-0.2, -0.15) is 0 Å². The SMILES string of the molecule is CCCNC(=O)NC(=O)COC(=O)c1c2c(nc3ccccc13)CCC2. The molecule has 3 amide bonds. The molecule has 1 aromatic heterocycles. The maximum atomic E-state index is 12.7. The molecule has 0 bridgehead atoms. The van der Waals surface area contributed by atoms with E-state index in [9.17, 15) is 14.4 Å². The summed E-state index contributed by atoms with van der Waals surface area (Å²) in [7, 11) is 0. The summed E-state index contributed by atoms with van der Waals surface area (Å²) in [4.78, 5) is 40.5. The van der Waals surface area contributed by atoms with Gasteiger partial charge in [-0.3, -0.25) is 15.1 Å². The number of fused-ring (bicyclic) bond motifs is 2. The van der Waals surface area contributed by atoms with Crippen LogP contribution in [0.15, 0.2) is 24.3 Å². The lowest BCUT2D eigenvalue weighted by Crippen LogP contribution is -2.41. The first-order chi connectivity index (χ1) is 12.6. The van der Waals surface area contributed by atoms with Crippen molar-refractivity contribution in [2.24, 2.45) is 0 Å². The molecule has 0 spiro atoms. The molecule has 1 heterocycles. The Kier molecular flexibility index (Phi) is 5.46. The Hall–Kier alpha value is -2.96. The van der Waals surface area contributed by atoms with E-state index >= 15 is 0 Å². The summed E-state index contributed by atoms with van der Waals surface area (Å²) < 4.78 is 5.17. The molecule has 0 unspecified atom stereocenters. The number of nitrogens with zero attached hydrogens (tertiary/aromatic N) is 1. The monoisotopic (exact) mass is 355 g/mol. The third-order valence-corrected chi connectivity index (χ3v) is 4.25. The van der Waals surface area contributed by atoms with Gasteiger partial charge in [0.1, 0.15) is 0 Å². The summed E-state index contributed by atoms with van der Waals surface area (Å²) in [6, 6.07) is 6.80. The minimum atomic E-state index is -0.665. The number of benzene rings is 1. The van der Waals surface area contributed by atoms with E-state index in [1.54, 1.807) is 0 Å². The molecule has 136 valence electrons. The van der Waals surface area contributed by atoms with E-state index in [1.807, 2.05) is 31.2 Å². The number of esters is 1. The second-order valence-electron chi connectivity index (χ2n) is 6.16. The molecule has 1 aliphatic carbocycles. The molecule has 2 aromatic rings. The molecule has 26 heavy (non-hydrogen) atoms. The zero-order valence-corrected chi connectivity index (χ0v) is 14.6. The van der Waals surface area contributed by atoms with Crippen LogP contribution in [0.5, 0.6) is 0 Å². The molecule has 0 fully saturated rings. The average molecular weight is 355 g/mol. The summed E-state index contributed by atoms with van der Waals surface area (Å²) in [6.45, 7) is 1.86. The van der Waals surface area contributed by atoms with Crippen molar-refractivity contribution in [2.45, 2.75) is 32.6 Å². The maximum Gasteiger partial charge on any atom is 0.339 e.